The third-order valence-corrected chi connectivity index (χ3v) is 6.02. The second kappa shape index (κ2) is 5.09. The van der Waals surface area contributed by atoms with Gasteiger partial charge < -0.3 is 0 Å². The second-order valence-corrected chi connectivity index (χ2v) is 7.89. The van der Waals surface area contributed by atoms with Gasteiger partial charge in [0, 0.05) is 0 Å². The van der Waals surface area contributed by atoms with E-state index >= 15 is 0 Å². The third kappa shape index (κ3) is 2.29. The Morgan fingerprint density at radius 2 is 1.86 bits per heavy atom. The number of hydrogen-bond acceptors (Lipinski definition) is 3. The molecule has 22 heavy (non-hydrogen) atoms. The summed E-state index contributed by atoms with van der Waals surface area (Å²) < 4.78 is 27.0. The minimum absolute atomic E-state index is 0.280. The van der Waals surface area contributed by atoms with Crippen molar-refractivity contribution in [2.45, 2.75) is 38.5 Å². The fraction of sp³-hybridized carbons (Fsp3) is 0.353. The Bertz CT molecular complexity index is 846. The predicted octanol–water partition coefficient (Wildman–Crippen LogP) is 3.03. The molecule has 0 N–H and O–H groups in total. The fourth-order valence-electron chi connectivity index (χ4n) is 2.96. The van der Waals surface area contributed by atoms with Crippen molar-refractivity contribution < 1.29 is 8.42 Å². The first-order valence-corrected chi connectivity index (χ1v) is 8.79. The van der Waals surface area contributed by atoms with Gasteiger partial charge in [0.1, 0.15) is 0 Å². The first-order chi connectivity index (χ1) is 10.3. The van der Waals surface area contributed by atoms with Crippen molar-refractivity contribution in [2.75, 3.05) is 0 Å². The van der Waals surface area contributed by atoms with Crippen LogP contribution in [-0.4, -0.2) is 17.6 Å². The van der Waals surface area contributed by atoms with Crippen LogP contribution < -0.4 is 0 Å². The molecule has 0 saturated heterocycles. The molecule has 0 aliphatic heterocycles. The molecule has 2 aromatic rings. The minimum atomic E-state index is -3.63. The molecule has 5 heteroatoms. The van der Waals surface area contributed by atoms with Gasteiger partial charge in [-0.3, -0.25) is 0 Å². The molecule has 0 amide bonds. The maximum atomic E-state index is 12.9. The number of benzene rings is 1. The number of allylic oxidation sites excluding steroid dienone is 1. The van der Waals surface area contributed by atoms with E-state index in [1.54, 1.807) is 24.3 Å². The smallest absolute Gasteiger partial charge is 0.199 e. The molecule has 0 radical (unpaired) electrons. The van der Waals surface area contributed by atoms with Crippen molar-refractivity contribution in [1.82, 2.24) is 9.19 Å². The van der Waals surface area contributed by atoms with Gasteiger partial charge in [-0.05, 0) is 57.2 Å². The highest BCUT2D eigenvalue weighted by molar-refractivity contribution is 7.89. The lowest BCUT2D eigenvalue weighted by molar-refractivity contribution is 0.571. The number of hydrogen-bond donors (Lipinski definition) is 0. The van der Waals surface area contributed by atoms with E-state index in [2.05, 4.69) is 11.7 Å². The number of nitrogens with zero attached hydrogens (tertiary/aromatic N) is 2. The molecule has 1 aliphatic rings. The van der Waals surface area contributed by atoms with E-state index < -0.39 is 10.0 Å². The molecule has 1 aromatic carbocycles. The molecule has 1 aromatic heterocycles. The molecule has 0 spiro atoms. The third-order valence-electron chi connectivity index (χ3n) is 4.39. The zero-order valence-corrected chi connectivity index (χ0v) is 13.9. The van der Waals surface area contributed by atoms with E-state index in [4.69, 9.17) is 0 Å². The Morgan fingerprint density at radius 3 is 2.45 bits per heavy atom. The summed E-state index contributed by atoms with van der Waals surface area (Å²) >= 11 is 0. The van der Waals surface area contributed by atoms with Gasteiger partial charge in [0.15, 0.2) is 0 Å². The summed E-state index contributed by atoms with van der Waals surface area (Å²) in [5.41, 5.74) is 4.79. The average Bonchev–Trinajstić information content (AvgIpc) is 3.00. The standard InChI is InChI=1S/C17H20N2O2S/c1-11(2)14-9-16-13(4)18-19(17(16)10-14)22(20,21)15-7-5-12(3)6-8-15/h5-8,14H,1,9-10H2,2-4H3. The topological polar surface area (TPSA) is 52.0 Å². The van der Waals surface area contributed by atoms with Crippen LogP contribution >= 0.6 is 0 Å². The zero-order valence-electron chi connectivity index (χ0n) is 13.1. The Kier molecular flexibility index (Phi) is 3.48. The van der Waals surface area contributed by atoms with Crippen molar-refractivity contribution in [1.29, 1.82) is 0 Å². The van der Waals surface area contributed by atoms with Gasteiger partial charge in [-0.15, -0.1) is 0 Å². The van der Waals surface area contributed by atoms with Crippen LogP contribution in [0, 0.1) is 19.8 Å². The average molecular weight is 316 g/mol. The summed E-state index contributed by atoms with van der Waals surface area (Å²) in [6.45, 7) is 9.82. The summed E-state index contributed by atoms with van der Waals surface area (Å²) in [7, 11) is -3.63. The van der Waals surface area contributed by atoms with Gasteiger partial charge in [-0.25, -0.2) is 0 Å². The van der Waals surface area contributed by atoms with Crippen LogP contribution in [0.15, 0.2) is 41.3 Å². The van der Waals surface area contributed by atoms with E-state index in [1.807, 2.05) is 20.8 Å². The summed E-state index contributed by atoms with van der Waals surface area (Å²) in [6, 6.07) is 6.89. The van der Waals surface area contributed by atoms with Gasteiger partial charge >= 0.3 is 0 Å². The Balaban J connectivity index is 2.09. The van der Waals surface area contributed by atoms with Gasteiger partial charge in [0.05, 0.1) is 16.3 Å². The highest BCUT2D eigenvalue weighted by Gasteiger charge is 2.32. The lowest BCUT2D eigenvalue weighted by Gasteiger charge is -2.11. The molecular formula is C17H20N2O2S. The number of aryl methyl sites for hydroxylation is 2. The van der Waals surface area contributed by atoms with Crippen LogP contribution in [0.2, 0.25) is 0 Å². The maximum Gasteiger partial charge on any atom is 0.283 e. The second-order valence-electron chi connectivity index (χ2n) is 6.12. The lowest BCUT2D eigenvalue weighted by atomic mass is 9.99. The van der Waals surface area contributed by atoms with Crippen molar-refractivity contribution in [3.8, 4) is 0 Å². The van der Waals surface area contributed by atoms with Crippen LogP contribution in [0.25, 0.3) is 0 Å². The Labute approximate surface area is 131 Å². The zero-order chi connectivity index (χ0) is 16.1. The molecular weight excluding hydrogens is 296 g/mol. The van der Waals surface area contributed by atoms with E-state index in [0.717, 1.165) is 34.5 Å². The summed E-state index contributed by atoms with van der Waals surface area (Å²) in [4.78, 5) is 0.280. The quantitative estimate of drug-likeness (QED) is 0.818. The molecule has 4 nitrogen and oxygen atoms in total. The van der Waals surface area contributed by atoms with Crippen LogP contribution in [0.5, 0.6) is 0 Å². The van der Waals surface area contributed by atoms with Crippen molar-refractivity contribution in [2.24, 2.45) is 5.92 Å². The Hall–Kier alpha value is -1.88. The van der Waals surface area contributed by atoms with Gasteiger partial charge in [-0.2, -0.15) is 17.6 Å². The van der Waals surface area contributed by atoms with Crippen molar-refractivity contribution in [3.05, 3.63) is 58.9 Å². The van der Waals surface area contributed by atoms with Crippen LogP contribution in [0.1, 0.15) is 29.4 Å². The maximum absolute atomic E-state index is 12.9. The molecule has 1 heterocycles. The molecule has 3 rings (SSSR count). The van der Waals surface area contributed by atoms with Gasteiger partial charge in [0.25, 0.3) is 10.0 Å². The molecule has 0 saturated carbocycles. The minimum Gasteiger partial charge on any atom is -0.199 e. The molecule has 1 atom stereocenters. The molecule has 0 fully saturated rings. The first kappa shape index (κ1) is 15.0. The number of fused-ring (bicyclic) bond motifs is 1. The SMILES string of the molecule is C=C(C)C1Cc2c(C)nn(S(=O)(=O)c3ccc(C)cc3)c2C1. The molecule has 0 bridgehead atoms. The summed E-state index contributed by atoms with van der Waals surface area (Å²) in [6.07, 6.45) is 1.52. The van der Waals surface area contributed by atoms with Crippen molar-refractivity contribution >= 4 is 10.0 Å². The Morgan fingerprint density at radius 1 is 1.23 bits per heavy atom. The monoisotopic (exact) mass is 316 g/mol. The fourth-order valence-corrected chi connectivity index (χ4v) is 4.34. The summed E-state index contributed by atoms with van der Waals surface area (Å²) in [5.74, 6) is 0.311. The van der Waals surface area contributed by atoms with Crippen LogP contribution in [0.3, 0.4) is 0 Å². The van der Waals surface area contributed by atoms with Crippen molar-refractivity contribution in [3.63, 3.8) is 0 Å². The van der Waals surface area contributed by atoms with E-state index in [-0.39, 0.29) is 4.90 Å². The normalized spacial score (nSPS) is 17.5. The summed E-state index contributed by atoms with van der Waals surface area (Å²) in [5, 5.41) is 4.30. The molecule has 1 aliphatic carbocycles. The van der Waals surface area contributed by atoms with E-state index in [1.165, 1.54) is 4.09 Å². The van der Waals surface area contributed by atoms with Crippen LogP contribution in [-0.2, 0) is 22.9 Å². The van der Waals surface area contributed by atoms with Gasteiger partial charge in [0.2, 0.25) is 0 Å². The molecule has 116 valence electrons. The first-order valence-electron chi connectivity index (χ1n) is 7.35. The largest absolute Gasteiger partial charge is 0.283 e. The highest BCUT2D eigenvalue weighted by atomic mass is 32.2. The molecule has 1 unspecified atom stereocenters. The lowest BCUT2D eigenvalue weighted by Crippen LogP contribution is -2.18. The number of rotatable bonds is 3. The number of aromatic nitrogens is 2. The highest BCUT2D eigenvalue weighted by Crippen LogP contribution is 2.34. The predicted molar refractivity (Wildman–Crippen MR) is 86.4 cm³/mol. The van der Waals surface area contributed by atoms with E-state index in [0.29, 0.717) is 12.3 Å². The van der Waals surface area contributed by atoms with Crippen LogP contribution in [0.4, 0.5) is 0 Å². The van der Waals surface area contributed by atoms with Gasteiger partial charge in [-0.1, -0.05) is 29.8 Å². The van der Waals surface area contributed by atoms with E-state index in [9.17, 15) is 8.42 Å².